The standard InChI is InChI=1S/C117H90/c1-5-2-11-37-44-47-59-65-74-68-62-57-54-56-61-67-73-66-60-55-53-51-49-46-43-36-10-4-9-13-6-3-7-12(6)15-14(7)16-17(15)19-18(16)20-21(19)23-22(20)24-25(23)27-26(24)28-29(27)38-30(28)39-32-40-31-34-8(1)35-42-33(5)91(11)108(42)82-78-72-79-86-113(65,107(59,79)102(47,72)103(44,78)109(37,82)91)117(74)112(68)85-77-71-64-70-76-84-111(67,105(61,76)100(56,70)98(54,64)101(57,71)106(62,77)112)116(73)110(66)83(114(84,116)89(38,39)81(32)90(40,115(85,86)117)80(31)88(34,35)108)75-69-63-58-52-50-48-45-41(13)87(9,10)92(36,45)93(43,48)94(46,50)95(49,52)96(51,58)97(53,63)99(55,69)104(60,75)110/h5-86H,1-4H2/t5?,6?,7-,8?,9?,10?,11?,12?,13?,14?,15?,16?,17?,18?,19?,20?,21?,22?,23?,24?,25?,26?,27?,28?,29?,30?,31?,32?,33?,34?,35?,36?,37?,38?,39?,40?,41?,42?,43?,44?,45?,46?,47?,48?,49?,50?,51?,52?,53?,54?,55?,56?,57?,58?,59?,60?,61?,62?,63?,64?,65?,66?,67?,68?,69?,70?,71?,72?,73?,74?,75?,76?,77?,78?,79?,80?,81?,82?,83?,84?,85?,86?,87?,88?,89?,90?,91?,92?,93?,94?,95?,96?,97?,98?,99?,100?,101?,102?,103?,104?,105?,106?,107?,108?,109?,110?,111?,112?,113?,114?,115?,116?,117?/m1/s1. The van der Waals surface area contributed by atoms with Gasteiger partial charge in [-0.1, -0.05) is 0 Å². The van der Waals surface area contributed by atoms with Crippen LogP contribution in [0, 0.1) is 653 Å². The first-order chi connectivity index (χ1) is 58.2. The Labute approximate surface area is 674 Å². The Kier molecular flexibility index (Phi) is 3.04. The van der Waals surface area contributed by atoms with Gasteiger partial charge in [-0.05, 0) is 679 Å². The highest BCUT2D eigenvalue weighted by molar-refractivity contribution is 5.94. The van der Waals surface area contributed by atoms with Gasteiger partial charge in [0.05, 0.1) is 0 Å². The third-order valence-corrected chi connectivity index (χ3v) is 92.2. The highest BCUT2D eigenvalue weighted by Gasteiger charge is 3.49. The van der Waals surface area contributed by atoms with Gasteiger partial charge in [0.15, 0.2) is 0 Å². The van der Waals surface area contributed by atoms with Crippen LogP contribution in [0.5, 0.6) is 0 Å². The molecular weight excluding hydrogens is 1410 g/mol. The van der Waals surface area contributed by atoms with Crippen LogP contribution in [0.15, 0.2) is 0 Å². The zero-order chi connectivity index (χ0) is 65.7. The summed E-state index contributed by atoms with van der Waals surface area (Å²) in [5.74, 6) is 114. The van der Waals surface area contributed by atoms with Crippen LogP contribution in [0.1, 0.15) is 25.7 Å². The lowest BCUT2D eigenvalue weighted by molar-refractivity contribution is -0.992. The van der Waals surface area contributed by atoms with E-state index in [2.05, 4.69) is 0 Å². The Balaban J connectivity index is 0.472. The van der Waals surface area contributed by atoms with Crippen molar-refractivity contribution in [2.45, 2.75) is 25.7 Å². The maximum absolute atomic E-state index is 1.92. The van der Waals surface area contributed by atoms with Crippen molar-refractivity contribution in [1.82, 2.24) is 0 Å². The van der Waals surface area contributed by atoms with E-state index >= 15 is 0 Å². The first kappa shape index (κ1) is 44.1. The molecule has 0 heterocycles. The summed E-state index contributed by atoms with van der Waals surface area (Å²) in [6.07, 6.45) is 7.53. The molecule has 0 saturated heterocycles. The molecule has 117 heavy (non-hydrogen) atoms. The van der Waals surface area contributed by atoms with E-state index in [1.54, 1.807) is 0 Å². The van der Waals surface area contributed by atoms with Crippen molar-refractivity contribution in [2.75, 3.05) is 0 Å². The molecule has 558 valence electrons. The van der Waals surface area contributed by atoms with Crippen LogP contribution in [0.2, 0.25) is 0 Å². The van der Waals surface area contributed by atoms with E-state index in [9.17, 15) is 0 Å². The van der Waals surface area contributed by atoms with Gasteiger partial charge in [-0.15, -0.1) is 0 Å². The molecule has 0 aliphatic heterocycles. The van der Waals surface area contributed by atoms with Crippen LogP contribution >= 0.6 is 0 Å². The molecule has 112 unspecified atom stereocenters. The molecule has 0 aromatic carbocycles. The molecule has 73 aliphatic rings. The molecule has 73 fully saturated rings. The summed E-state index contributed by atoms with van der Waals surface area (Å²) in [6.45, 7) is 0. The van der Waals surface area contributed by atoms with Gasteiger partial charge in [-0.25, -0.2) is 0 Å². The van der Waals surface area contributed by atoms with Crippen molar-refractivity contribution in [1.29, 1.82) is 0 Å². The fraction of sp³-hybridized carbons (Fsp3) is 1.00. The van der Waals surface area contributed by atoms with Crippen LogP contribution in [0.4, 0.5) is 0 Å². The molecule has 113 atom stereocenters. The third-order valence-electron chi connectivity index (χ3n) is 92.2. The first-order valence-corrected chi connectivity index (χ1v) is 58.2. The van der Waals surface area contributed by atoms with Gasteiger partial charge in [-0.2, -0.15) is 0 Å². The van der Waals surface area contributed by atoms with Gasteiger partial charge < -0.3 is 0 Å². The Morgan fingerprint density at radius 1 is 0.111 bits per heavy atom. The van der Waals surface area contributed by atoms with Crippen LogP contribution in [0.3, 0.4) is 0 Å². The second-order valence-corrected chi connectivity index (χ2v) is 72.8. The average Bonchev–Trinajstić information content (AvgIpc) is 0.681. The predicted octanol–water partition coefficient (Wildman–Crippen LogP) is 11.6. The first-order valence-electron chi connectivity index (χ1n) is 58.2. The zero-order valence-electron chi connectivity index (χ0n) is 65.7. The molecule has 0 amide bonds. The SMILES string of the molecule is C1C2CC3C4C5C6C7C8C9C%10C%11C%12C%13C%14C%15C%16C%17C%18C%19C%20C%21C%22C%23C%24C%25C%26C%27CC%28C%29C%30C[C@@H]%31C%30C%30C%32C%33C%34C%35C(C%36C%35C%35C%36C%36C%35C%35C%36C%36C%37C%38C%39C%40C1C1C%41C2C32C%413C%41C%42C%43C%44C%45C%46%47C%48C%49C%50C%51C%52C%53C%54C%55(C%56C%57C%58C%59C%60C%61C%62C%63C%64C%29C%28%27C%26%64C%25%63C%24%62C%23%61C%22%60C%21%59C%20%58C%19%57C%18%56C%17%55C%16%54C%15%53C%14%52C%13%51C%12%50C%11%49C%10%48C9%46C8%45C7%44C6%43C5%42C4%412)C%35%36C%37C%38%47C%39C%4013)C%34C%33C%32C%30%31. The summed E-state index contributed by atoms with van der Waals surface area (Å²) in [5.41, 5.74) is 32.7. The normalized spacial score (nSPS) is 127. The Morgan fingerprint density at radius 3 is 0.957 bits per heavy atom. The zero-order valence-corrected chi connectivity index (χ0v) is 65.7. The minimum absolute atomic E-state index is 0.987. The fourth-order valence-corrected chi connectivity index (χ4v) is 109. The van der Waals surface area contributed by atoms with Gasteiger partial charge in [-0.3, -0.25) is 0 Å². The molecule has 0 aromatic rings. The second kappa shape index (κ2) is 8.07. The van der Waals surface area contributed by atoms with E-state index in [1.807, 2.05) is 25.7 Å². The number of rotatable bonds is 0. The van der Waals surface area contributed by atoms with E-state index in [4.69, 9.17) is 0 Å². The van der Waals surface area contributed by atoms with E-state index in [1.165, 1.54) is 485 Å². The molecule has 0 radical (unpaired) electrons. The maximum Gasteiger partial charge on any atom is -0.00591 e. The molecule has 0 aromatic heterocycles. The summed E-state index contributed by atoms with van der Waals surface area (Å²) in [7, 11) is 0. The maximum atomic E-state index is 1.92. The molecule has 0 bridgehead atoms. The number of hydrogen-bond donors (Lipinski definition) is 0. The summed E-state index contributed by atoms with van der Waals surface area (Å²) >= 11 is 0. The third kappa shape index (κ3) is 1.45. The molecule has 0 N–H and O–H groups in total. The second-order valence-electron chi connectivity index (χ2n) is 72.8. The highest BCUT2D eigenvalue weighted by atomic mass is 15.5. The van der Waals surface area contributed by atoms with Gasteiger partial charge in [0.1, 0.15) is 0 Å². The monoisotopic (exact) mass is 1490 g/mol. The Bertz CT molecular complexity index is 7640. The molecule has 31 spiro atoms. The van der Waals surface area contributed by atoms with Gasteiger partial charge in [0, 0.05) is 0 Å². The lowest BCUT2D eigenvalue weighted by atomic mass is 8.59. The van der Waals surface area contributed by atoms with E-state index in [0.717, 1.165) is 168 Å². The van der Waals surface area contributed by atoms with Crippen LogP contribution in [-0.2, 0) is 0 Å². The minimum Gasteiger partial charge on any atom is -0.0467 e. The summed E-state index contributed by atoms with van der Waals surface area (Å²) in [4.78, 5) is 0. The van der Waals surface area contributed by atoms with Crippen molar-refractivity contribution >= 4 is 0 Å². The van der Waals surface area contributed by atoms with Gasteiger partial charge in [0.2, 0.25) is 0 Å². The van der Waals surface area contributed by atoms with Crippen LogP contribution in [0.25, 0.3) is 0 Å². The highest BCUT2D eigenvalue weighted by Crippen LogP contribution is 3.51. The number of hydrogen-bond acceptors (Lipinski definition) is 0. The van der Waals surface area contributed by atoms with Crippen molar-refractivity contribution in [2.24, 2.45) is 653 Å². The fourth-order valence-electron chi connectivity index (χ4n) is 109. The van der Waals surface area contributed by atoms with Crippen molar-refractivity contribution in [3.63, 3.8) is 0 Å². The van der Waals surface area contributed by atoms with Crippen molar-refractivity contribution in [3.8, 4) is 0 Å². The minimum atomic E-state index is 0.987. The average molecular weight is 1500 g/mol. The molecule has 73 aliphatic carbocycles. The van der Waals surface area contributed by atoms with Crippen molar-refractivity contribution in [3.05, 3.63) is 0 Å². The quantitative estimate of drug-likeness (QED) is 0.227. The van der Waals surface area contributed by atoms with E-state index in [0.29, 0.717) is 0 Å². The topological polar surface area (TPSA) is 0 Å². The lowest BCUT2D eigenvalue weighted by Gasteiger charge is -3.44. The smallest absolute Gasteiger partial charge is 0.00591 e. The van der Waals surface area contributed by atoms with E-state index in [-0.39, 0.29) is 0 Å². The molecule has 0 heteroatoms. The van der Waals surface area contributed by atoms with Crippen LogP contribution in [-0.4, -0.2) is 0 Å². The van der Waals surface area contributed by atoms with Crippen LogP contribution < -0.4 is 0 Å². The van der Waals surface area contributed by atoms with E-state index < -0.39 is 0 Å². The molecular formula is C117H90. The van der Waals surface area contributed by atoms with Crippen molar-refractivity contribution < 1.29 is 0 Å². The summed E-state index contributed by atoms with van der Waals surface area (Å²) < 4.78 is 0. The largest absolute Gasteiger partial charge is 0.0467 e. The number of fused-ring (bicyclic) bond motifs is 41. The molecule has 0 nitrogen and oxygen atoms in total. The Hall–Kier alpha value is 0. The predicted molar refractivity (Wildman–Crippen MR) is 380 cm³/mol. The van der Waals surface area contributed by atoms with Gasteiger partial charge >= 0.3 is 0 Å². The lowest BCUT2D eigenvalue weighted by Crippen LogP contribution is -3.43. The van der Waals surface area contributed by atoms with Gasteiger partial charge in [0.25, 0.3) is 0 Å². The summed E-state index contributed by atoms with van der Waals surface area (Å²) in [5, 5.41) is 0. The summed E-state index contributed by atoms with van der Waals surface area (Å²) in [6, 6.07) is 0. The molecule has 73 rings (SSSR count). The molecule has 73 saturated carbocycles. The Morgan fingerprint density at radius 2 is 0.444 bits per heavy atom.